The van der Waals surface area contributed by atoms with E-state index in [4.69, 9.17) is 14.2 Å². The molecule has 1 heterocycles. The summed E-state index contributed by atoms with van der Waals surface area (Å²) >= 11 is 0. The molecule has 0 aliphatic carbocycles. The molecule has 0 saturated carbocycles. The molecular formula is C19H21NO4. The van der Waals surface area contributed by atoms with Gasteiger partial charge in [0.25, 0.3) is 5.91 Å². The van der Waals surface area contributed by atoms with E-state index in [-0.39, 0.29) is 18.6 Å². The number of amides is 1. The van der Waals surface area contributed by atoms with Crippen LogP contribution >= 0.6 is 0 Å². The van der Waals surface area contributed by atoms with Crippen LogP contribution in [0, 0.1) is 0 Å². The van der Waals surface area contributed by atoms with Gasteiger partial charge < -0.3 is 19.1 Å². The molecule has 126 valence electrons. The minimum absolute atomic E-state index is 0.0338. The maximum atomic E-state index is 12.5. The van der Waals surface area contributed by atoms with E-state index in [1.165, 1.54) is 0 Å². The maximum absolute atomic E-state index is 12.5. The molecule has 0 aromatic heterocycles. The van der Waals surface area contributed by atoms with Crippen molar-refractivity contribution in [3.8, 4) is 17.2 Å². The second kappa shape index (κ2) is 6.83. The Morgan fingerprint density at radius 2 is 1.83 bits per heavy atom. The number of benzene rings is 2. The summed E-state index contributed by atoms with van der Waals surface area (Å²) in [4.78, 5) is 14.3. The lowest BCUT2D eigenvalue weighted by molar-refractivity contribution is -0.135. The molecule has 0 N–H and O–H groups in total. The van der Waals surface area contributed by atoms with Gasteiger partial charge in [0, 0.05) is 5.56 Å². The zero-order valence-electron chi connectivity index (χ0n) is 14.1. The Hall–Kier alpha value is -2.69. The fraction of sp³-hybridized carbons (Fsp3) is 0.316. The molecule has 0 saturated heterocycles. The van der Waals surface area contributed by atoms with E-state index < -0.39 is 0 Å². The number of carbonyl (C=O) groups is 1. The molecule has 5 nitrogen and oxygen atoms in total. The van der Waals surface area contributed by atoms with Gasteiger partial charge in [-0.05, 0) is 30.7 Å². The highest BCUT2D eigenvalue weighted by molar-refractivity contribution is 5.79. The normalized spacial score (nSPS) is 15.1. The van der Waals surface area contributed by atoms with Crippen LogP contribution in [0.4, 0.5) is 0 Å². The minimum atomic E-state index is -0.105. The highest BCUT2D eigenvalue weighted by Crippen LogP contribution is 2.34. The third-order valence-corrected chi connectivity index (χ3v) is 4.34. The van der Waals surface area contributed by atoms with Crippen LogP contribution < -0.4 is 14.2 Å². The molecular weight excluding hydrogens is 306 g/mol. The Morgan fingerprint density at radius 3 is 2.58 bits per heavy atom. The van der Waals surface area contributed by atoms with Gasteiger partial charge >= 0.3 is 0 Å². The number of para-hydroxylation sites is 1. The molecule has 1 atom stereocenters. The number of nitrogens with zero attached hydrogens (tertiary/aromatic N) is 1. The second-order valence-corrected chi connectivity index (χ2v) is 5.71. The fourth-order valence-electron chi connectivity index (χ4n) is 2.91. The third kappa shape index (κ3) is 3.02. The number of carbonyl (C=O) groups excluding carboxylic acids is 1. The summed E-state index contributed by atoms with van der Waals surface area (Å²) in [5, 5.41) is 0. The molecule has 1 aliphatic heterocycles. The van der Waals surface area contributed by atoms with Gasteiger partial charge in [-0.3, -0.25) is 4.79 Å². The molecule has 1 amide bonds. The van der Waals surface area contributed by atoms with Crippen LogP contribution in [0.15, 0.2) is 42.5 Å². The van der Waals surface area contributed by atoms with Gasteiger partial charge in [-0.2, -0.15) is 0 Å². The van der Waals surface area contributed by atoms with Crippen LogP contribution in [0.3, 0.4) is 0 Å². The quantitative estimate of drug-likeness (QED) is 0.865. The molecule has 2 aromatic rings. The van der Waals surface area contributed by atoms with E-state index in [1.807, 2.05) is 54.3 Å². The van der Waals surface area contributed by atoms with Crippen LogP contribution in [0.2, 0.25) is 0 Å². The molecule has 1 unspecified atom stereocenters. The summed E-state index contributed by atoms with van der Waals surface area (Å²) in [5.74, 6) is 2.06. The van der Waals surface area contributed by atoms with Gasteiger partial charge in [0.05, 0.1) is 26.8 Å². The zero-order valence-corrected chi connectivity index (χ0v) is 14.1. The first-order valence-electron chi connectivity index (χ1n) is 7.86. The van der Waals surface area contributed by atoms with Crippen molar-refractivity contribution in [2.75, 3.05) is 20.8 Å². The predicted molar refractivity (Wildman–Crippen MR) is 90.4 cm³/mol. The largest absolute Gasteiger partial charge is 0.493 e. The average Bonchev–Trinajstić information content (AvgIpc) is 2.79. The van der Waals surface area contributed by atoms with Crippen molar-refractivity contribution in [3.63, 3.8) is 0 Å². The van der Waals surface area contributed by atoms with Crippen molar-refractivity contribution < 1.29 is 19.0 Å². The van der Waals surface area contributed by atoms with Gasteiger partial charge in [0.15, 0.2) is 18.1 Å². The Balaban J connectivity index is 1.91. The molecule has 0 spiro atoms. The Kier molecular flexibility index (Phi) is 4.60. The van der Waals surface area contributed by atoms with Crippen molar-refractivity contribution in [3.05, 3.63) is 53.6 Å². The standard InChI is InChI=1S/C19H21NO4/c1-13(14-8-9-17(22-2)18(10-14)23-3)20-11-15-6-4-5-7-16(15)24-12-19(20)21/h4-10,13H,11-12H2,1-3H3. The lowest BCUT2D eigenvalue weighted by atomic mass is 10.0. The van der Waals surface area contributed by atoms with Gasteiger partial charge in [-0.25, -0.2) is 0 Å². The summed E-state index contributed by atoms with van der Waals surface area (Å²) < 4.78 is 16.3. The van der Waals surface area contributed by atoms with Crippen LogP contribution in [-0.4, -0.2) is 31.6 Å². The van der Waals surface area contributed by atoms with Crippen molar-refractivity contribution in [1.82, 2.24) is 4.90 Å². The number of methoxy groups -OCH3 is 2. The first kappa shape index (κ1) is 16.2. The number of ether oxygens (including phenoxy) is 3. The van der Waals surface area contributed by atoms with Crippen molar-refractivity contribution in [1.29, 1.82) is 0 Å². The van der Waals surface area contributed by atoms with Gasteiger partial charge in [0.1, 0.15) is 5.75 Å². The molecule has 1 aliphatic rings. The van der Waals surface area contributed by atoms with E-state index in [0.29, 0.717) is 18.0 Å². The molecule has 0 bridgehead atoms. The Bertz CT molecular complexity index is 744. The fourth-order valence-corrected chi connectivity index (χ4v) is 2.91. The van der Waals surface area contributed by atoms with Gasteiger partial charge in [0.2, 0.25) is 0 Å². The van der Waals surface area contributed by atoms with Gasteiger partial charge in [-0.15, -0.1) is 0 Å². The summed E-state index contributed by atoms with van der Waals surface area (Å²) in [6, 6.07) is 13.4. The lowest BCUT2D eigenvalue weighted by Crippen LogP contribution is -2.34. The van der Waals surface area contributed by atoms with Crippen LogP contribution in [0.25, 0.3) is 0 Å². The number of hydrogen-bond acceptors (Lipinski definition) is 4. The minimum Gasteiger partial charge on any atom is -0.493 e. The molecule has 0 radical (unpaired) electrons. The average molecular weight is 327 g/mol. The smallest absolute Gasteiger partial charge is 0.261 e. The maximum Gasteiger partial charge on any atom is 0.261 e. The van der Waals surface area contributed by atoms with E-state index in [1.54, 1.807) is 14.2 Å². The van der Waals surface area contributed by atoms with Crippen molar-refractivity contribution in [2.24, 2.45) is 0 Å². The summed E-state index contributed by atoms with van der Waals surface area (Å²) in [7, 11) is 3.21. The van der Waals surface area contributed by atoms with E-state index in [9.17, 15) is 4.79 Å². The van der Waals surface area contributed by atoms with Crippen LogP contribution in [0.5, 0.6) is 17.2 Å². The SMILES string of the molecule is COc1ccc(C(C)N2Cc3ccccc3OCC2=O)cc1OC. The summed E-state index contributed by atoms with van der Waals surface area (Å²) in [5.41, 5.74) is 2.00. The number of rotatable bonds is 4. The molecule has 0 fully saturated rings. The molecule has 24 heavy (non-hydrogen) atoms. The summed E-state index contributed by atoms with van der Waals surface area (Å²) in [6.45, 7) is 2.58. The van der Waals surface area contributed by atoms with Crippen molar-refractivity contribution >= 4 is 5.91 Å². The van der Waals surface area contributed by atoms with E-state index >= 15 is 0 Å². The molecule has 3 rings (SSSR count). The Morgan fingerprint density at radius 1 is 1.08 bits per heavy atom. The monoisotopic (exact) mass is 327 g/mol. The zero-order chi connectivity index (χ0) is 17.1. The second-order valence-electron chi connectivity index (χ2n) is 5.71. The van der Waals surface area contributed by atoms with Crippen molar-refractivity contribution in [2.45, 2.75) is 19.5 Å². The highest BCUT2D eigenvalue weighted by Gasteiger charge is 2.26. The topological polar surface area (TPSA) is 48.0 Å². The van der Waals surface area contributed by atoms with Gasteiger partial charge in [-0.1, -0.05) is 24.3 Å². The number of hydrogen-bond donors (Lipinski definition) is 0. The van der Waals surface area contributed by atoms with Crippen LogP contribution in [0.1, 0.15) is 24.1 Å². The third-order valence-electron chi connectivity index (χ3n) is 4.34. The van der Waals surface area contributed by atoms with E-state index in [0.717, 1.165) is 16.9 Å². The molecule has 5 heteroatoms. The number of fused-ring (bicyclic) bond motifs is 1. The van der Waals surface area contributed by atoms with Crippen LogP contribution in [-0.2, 0) is 11.3 Å². The predicted octanol–water partition coefficient (Wildman–Crippen LogP) is 3.19. The Labute approximate surface area is 141 Å². The highest BCUT2D eigenvalue weighted by atomic mass is 16.5. The molecule has 2 aromatic carbocycles. The summed E-state index contributed by atoms with van der Waals surface area (Å²) in [6.07, 6.45) is 0. The lowest BCUT2D eigenvalue weighted by Gasteiger charge is -2.28. The first-order valence-corrected chi connectivity index (χ1v) is 7.86. The first-order chi connectivity index (χ1) is 11.6. The van der Waals surface area contributed by atoms with E-state index in [2.05, 4.69) is 0 Å².